The first-order valence-corrected chi connectivity index (χ1v) is 10.4. The van der Waals surface area contributed by atoms with Crippen LogP contribution in [0.1, 0.15) is 28.3 Å². The number of hydrogen-bond donors (Lipinski definition) is 1. The summed E-state index contributed by atoms with van der Waals surface area (Å²) in [6.07, 6.45) is 2.11. The lowest BCUT2D eigenvalue weighted by atomic mass is 9.89. The van der Waals surface area contributed by atoms with Gasteiger partial charge in [-0.25, -0.2) is 0 Å². The number of rotatable bonds is 6. The van der Waals surface area contributed by atoms with Crippen molar-refractivity contribution in [1.82, 2.24) is 0 Å². The fourth-order valence-corrected chi connectivity index (χ4v) is 4.77. The van der Waals surface area contributed by atoms with E-state index < -0.39 is 0 Å². The second-order valence-corrected chi connectivity index (χ2v) is 7.98. The summed E-state index contributed by atoms with van der Waals surface area (Å²) in [7, 11) is 1.62. The van der Waals surface area contributed by atoms with E-state index in [1.165, 1.54) is 10.4 Å². The molecule has 29 heavy (non-hydrogen) atoms. The van der Waals surface area contributed by atoms with E-state index in [0.29, 0.717) is 24.5 Å². The van der Waals surface area contributed by atoms with Crippen molar-refractivity contribution in [2.75, 3.05) is 19.0 Å². The number of aryl methyl sites for hydroxylation is 1. The Labute approximate surface area is 174 Å². The van der Waals surface area contributed by atoms with Crippen LogP contribution < -0.4 is 14.8 Å². The van der Waals surface area contributed by atoms with Gasteiger partial charge in [-0.1, -0.05) is 48.6 Å². The summed E-state index contributed by atoms with van der Waals surface area (Å²) in [6, 6.07) is 14.3. The van der Waals surface area contributed by atoms with Gasteiger partial charge in [-0.15, -0.1) is 11.3 Å². The van der Waals surface area contributed by atoms with Gasteiger partial charge >= 0.3 is 0 Å². The van der Waals surface area contributed by atoms with Gasteiger partial charge in [-0.05, 0) is 30.2 Å². The minimum Gasteiger partial charge on any atom is -0.493 e. The van der Waals surface area contributed by atoms with Crippen LogP contribution in [0.2, 0.25) is 0 Å². The number of benzene rings is 2. The average molecular weight is 406 g/mol. The molecule has 5 heteroatoms. The molecule has 2 aromatic carbocycles. The van der Waals surface area contributed by atoms with Gasteiger partial charge in [0.15, 0.2) is 11.5 Å². The Balaban J connectivity index is 1.73. The molecule has 0 radical (unpaired) electrons. The number of carbonyl (C=O) groups excluding carboxylic acids is 1. The number of thiophene rings is 1. The Morgan fingerprint density at radius 1 is 1.21 bits per heavy atom. The van der Waals surface area contributed by atoms with Crippen LogP contribution in [0.4, 0.5) is 5.69 Å². The summed E-state index contributed by atoms with van der Waals surface area (Å²) in [5.74, 6) is 1.35. The molecule has 1 aromatic heterocycles. The summed E-state index contributed by atoms with van der Waals surface area (Å²) < 4.78 is 11.2. The van der Waals surface area contributed by atoms with Gasteiger partial charge in [-0.2, -0.15) is 0 Å². The maximum absolute atomic E-state index is 12.5. The second kappa shape index (κ2) is 8.13. The minimum atomic E-state index is -0.00898. The normalized spacial score (nSPS) is 15.4. The largest absolute Gasteiger partial charge is 0.493 e. The summed E-state index contributed by atoms with van der Waals surface area (Å²) in [6.45, 7) is 6.16. The Morgan fingerprint density at radius 2 is 2.00 bits per heavy atom. The van der Waals surface area contributed by atoms with Crippen molar-refractivity contribution in [1.29, 1.82) is 0 Å². The van der Waals surface area contributed by atoms with Gasteiger partial charge in [-0.3, -0.25) is 4.79 Å². The third-order valence-corrected chi connectivity index (χ3v) is 6.20. The van der Waals surface area contributed by atoms with Gasteiger partial charge in [0, 0.05) is 28.2 Å². The zero-order valence-electron chi connectivity index (χ0n) is 16.5. The Kier molecular flexibility index (Phi) is 5.41. The molecule has 1 aliphatic heterocycles. The first kappa shape index (κ1) is 19.3. The molecule has 0 spiro atoms. The van der Waals surface area contributed by atoms with E-state index in [2.05, 4.69) is 48.5 Å². The minimum absolute atomic E-state index is 0.00898. The van der Waals surface area contributed by atoms with Crippen molar-refractivity contribution in [3.05, 3.63) is 76.5 Å². The van der Waals surface area contributed by atoms with Gasteiger partial charge < -0.3 is 14.8 Å². The Bertz CT molecular complexity index is 1050. The molecule has 4 rings (SSSR count). The predicted molar refractivity (Wildman–Crippen MR) is 118 cm³/mol. The number of ether oxygens (including phenoxy) is 2. The quantitative estimate of drug-likeness (QED) is 0.530. The average Bonchev–Trinajstić information content (AvgIpc) is 3.15. The number of anilines is 1. The van der Waals surface area contributed by atoms with Crippen LogP contribution in [0.5, 0.6) is 11.5 Å². The molecule has 1 unspecified atom stereocenters. The van der Waals surface area contributed by atoms with E-state index in [1.54, 1.807) is 24.5 Å². The lowest BCUT2D eigenvalue weighted by Gasteiger charge is -2.24. The van der Waals surface area contributed by atoms with Gasteiger partial charge in [0.05, 0.1) is 12.8 Å². The highest BCUT2D eigenvalue weighted by atomic mass is 32.1. The van der Waals surface area contributed by atoms with Crippen LogP contribution in [-0.2, 0) is 4.79 Å². The van der Waals surface area contributed by atoms with Gasteiger partial charge in [0.2, 0.25) is 5.91 Å². The lowest BCUT2D eigenvalue weighted by Crippen LogP contribution is -2.22. The summed E-state index contributed by atoms with van der Waals surface area (Å²) >= 11 is 1.69. The van der Waals surface area contributed by atoms with Crippen molar-refractivity contribution in [2.24, 2.45) is 0 Å². The van der Waals surface area contributed by atoms with E-state index in [4.69, 9.17) is 9.47 Å². The highest BCUT2D eigenvalue weighted by Gasteiger charge is 2.31. The van der Waals surface area contributed by atoms with Crippen molar-refractivity contribution < 1.29 is 14.3 Å². The predicted octanol–water partition coefficient (Wildman–Crippen LogP) is 5.77. The molecular formula is C24H23NO3S. The number of fused-ring (bicyclic) bond motifs is 1. The van der Waals surface area contributed by atoms with E-state index in [-0.39, 0.29) is 11.8 Å². The zero-order chi connectivity index (χ0) is 20.4. The molecule has 0 saturated heterocycles. The molecule has 2 heterocycles. The van der Waals surface area contributed by atoms with Crippen LogP contribution in [0, 0.1) is 6.92 Å². The van der Waals surface area contributed by atoms with Crippen molar-refractivity contribution in [3.63, 3.8) is 0 Å². The van der Waals surface area contributed by atoms with E-state index >= 15 is 0 Å². The second-order valence-electron chi connectivity index (χ2n) is 7.07. The zero-order valence-corrected chi connectivity index (χ0v) is 17.3. The molecule has 148 valence electrons. The fraction of sp³-hybridized carbons (Fsp3) is 0.208. The number of nitrogens with one attached hydrogen (secondary N) is 1. The Morgan fingerprint density at radius 3 is 2.72 bits per heavy atom. The maximum Gasteiger partial charge on any atom is 0.225 e. The third-order valence-electron chi connectivity index (χ3n) is 5.10. The summed E-state index contributed by atoms with van der Waals surface area (Å²) in [5.41, 5.74) is 5.36. The van der Waals surface area contributed by atoms with Gasteiger partial charge in [0.25, 0.3) is 0 Å². The molecule has 1 atom stereocenters. The Hall–Kier alpha value is -3.05. The van der Waals surface area contributed by atoms with E-state index in [1.807, 2.05) is 18.2 Å². The highest BCUT2D eigenvalue weighted by Crippen LogP contribution is 2.47. The number of methoxy groups -OCH3 is 1. The first-order chi connectivity index (χ1) is 14.1. The number of hydrogen-bond acceptors (Lipinski definition) is 4. The molecule has 3 aromatic rings. The SMILES string of the molecule is C=CCOc1ccc(C2CC(=O)Nc3c(-c4ccc(C)cc4)csc32)cc1OC. The first-order valence-electron chi connectivity index (χ1n) is 9.50. The molecule has 4 nitrogen and oxygen atoms in total. The molecule has 0 aliphatic carbocycles. The molecule has 1 amide bonds. The van der Waals surface area contributed by atoms with Crippen molar-refractivity contribution in [3.8, 4) is 22.6 Å². The highest BCUT2D eigenvalue weighted by molar-refractivity contribution is 7.11. The summed E-state index contributed by atoms with van der Waals surface area (Å²) in [5, 5.41) is 5.23. The van der Waals surface area contributed by atoms with Gasteiger partial charge in [0.1, 0.15) is 6.61 Å². The summed E-state index contributed by atoms with van der Waals surface area (Å²) in [4.78, 5) is 13.7. The topological polar surface area (TPSA) is 47.6 Å². The van der Waals surface area contributed by atoms with E-state index in [9.17, 15) is 4.79 Å². The van der Waals surface area contributed by atoms with Crippen LogP contribution >= 0.6 is 11.3 Å². The van der Waals surface area contributed by atoms with Crippen LogP contribution in [0.25, 0.3) is 11.1 Å². The number of carbonyl (C=O) groups is 1. The molecule has 0 bridgehead atoms. The standard InChI is InChI=1S/C24H23NO3S/c1-4-11-28-20-10-9-17(12-21(20)27-3)18-13-22(26)25-23-19(14-29-24(18)23)16-7-5-15(2)6-8-16/h4-10,12,14,18H,1,11,13H2,2-3H3,(H,25,26). The molecule has 1 N–H and O–H groups in total. The van der Waals surface area contributed by atoms with Crippen molar-refractivity contribution in [2.45, 2.75) is 19.3 Å². The monoisotopic (exact) mass is 405 g/mol. The number of amides is 1. The lowest BCUT2D eigenvalue weighted by molar-refractivity contribution is -0.116. The fourth-order valence-electron chi connectivity index (χ4n) is 3.61. The molecule has 1 aliphatic rings. The van der Waals surface area contributed by atoms with E-state index in [0.717, 1.165) is 22.4 Å². The van der Waals surface area contributed by atoms with Crippen LogP contribution in [0.15, 0.2) is 60.5 Å². The molecule has 0 fully saturated rings. The van der Waals surface area contributed by atoms with Crippen molar-refractivity contribution >= 4 is 22.9 Å². The third kappa shape index (κ3) is 3.78. The van der Waals surface area contributed by atoms with Crippen LogP contribution in [-0.4, -0.2) is 19.6 Å². The van der Waals surface area contributed by atoms with Crippen LogP contribution in [0.3, 0.4) is 0 Å². The smallest absolute Gasteiger partial charge is 0.225 e. The maximum atomic E-state index is 12.5. The molecule has 0 saturated carbocycles. The molecular weight excluding hydrogens is 382 g/mol.